The molecule has 1 N–H and O–H groups in total. The average Bonchev–Trinajstić information content (AvgIpc) is 2.77. The molecule has 0 bridgehead atoms. The fourth-order valence-electron chi connectivity index (χ4n) is 1.45. The molecule has 0 amide bonds. The van der Waals surface area contributed by atoms with Gasteiger partial charge < -0.3 is 5.32 Å². The minimum atomic E-state index is -0.848. The van der Waals surface area contributed by atoms with Crippen molar-refractivity contribution in [3.8, 4) is 0 Å². The Morgan fingerprint density at radius 1 is 1.60 bits per heavy atom. The molecule has 0 saturated carbocycles. The summed E-state index contributed by atoms with van der Waals surface area (Å²) in [5.41, 5.74) is 0. The number of hydrogen-bond donors (Lipinski definition) is 1. The van der Waals surface area contributed by atoms with Gasteiger partial charge in [-0.15, -0.1) is 11.3 Å². The fraction of sp³-hybridized carbons (Fsp3) is 0.636. The molecule has 1 aromatic heterocycles. The summed E-state index contributed by atoms with van der Waals surface area (Å²) in [6.07, 6.45) is 1.12. The van der Waals surface area contributed by atoms with Crippen LogP contribution in [-0.4, -0.2) is 23.1 Å². The lowest BCUT2D eigenvalue weighted by Crippen LogP contribution is -2.36. The molecule has 0 aliphatic heterocycles. The van der Waals surface area contributed by atoms with Crippen LogP contribution < -0.4 is 5.32 Å². The van der Waals surface area contributed by atoms with Gasteiger partial charge in [0.05, 0.1) is 15.0 Å². The Kier molecular flexibility index (Phi) is 5.50. The second-order valence-corrected chi connectivity index (χ2v) is 6.40. The van der Waals surface area contributed by atoms with Crippen molar-refractivity contribution in [2.45, 2.75) is 30.5 Å². The van der Waals surface area contributed by atoms with Gasteiger partial charge in [0.1, 0.15) is 0 Å². The molecular weight excluding hydrogens is 226 g/mol. The molecule has 2 nitrogen and oxygen atoms in total. The van der Waals surface area contributed by atoms with Crippen molar-refractivity contribution in [2.24, 2.45) is 5.92 Å². The number of nitrogens with one attached hydrogen (secondary N) is 1. The van der Waals surface area contributed by atoms with E-state index in [1.165, 1.54) is 0 Å². The van der Waals surface area contributed by atoms with Gasteiger partial charge in [-0.2, -0.15) is 0 Å². The van der Waals surface area contributed by atoms with E-state index in [0.29, 0.717) is 17.7 Å². The van der Waals surface area contributed by atoms with Crippen LogP contribution in [0.25, 0.3) is 0 Å². The molecule has 0 spiro atoms. The van der Waals surface area contributed by atoms with Crippen molar-refractivity contribution in [2.75, 3.05) is 12.8 Å². The molecule has 1 aromatic rings. The smallest absolute Gasteiger partial charge is 0.0911 e. The summed E-state index contributed by atoms with van der Waals surface area (Å²) >= 11 is 1.57. The summed E-state index contributed by atoms with van der Waals surface area (Å²) in [6, 6.07) is 4.25. The zero-order chi connectivity index (χ0) is 11.3. The van der Waals surface area contributed by atoms with Gasteiger partial charge in [0.15, 0.2) is 0 Å². The van der Waals surface area contributed by atoms with E-state index >= 15 is 0 Å². The van der Waals surface area contributed by atoms with Crippen LogP contribution in [0.15, 0.2) is 21.7 Å². The minimum Gasteiger partial charge on any atom is -0.316 e. The highest BCUT2D eigenvalue weighted by Gasteiger charge is 2.17. The topological polar surface area (TPSA) is 29.1 Å². The van der Waals surface area contributed by atoms with Gasteiger partial charge in [0, 0.05) is 11.8 Å². The number of rotatable bonds is 6. The summed E-state index contributed by atoms with van der Waals surface area (Å²) < 4.78 is 13.0. The summed E-state index contributed by atoms with van der Waals surface area (Å²) in [7, 11) is 1.10. The van der Waals surface area contributed by atoms with E-state index in [2.05, 4.69) is 19.2 Å². The number of thiophene rings is 1. The summed E-state index contributed by atoms with van der Waals surface area (Å²) in [5, 5.41) is 5.23. The molecule has 1 heterocycles. The first-order valence-corrected chi connectivity index (χ1v) is 7.48. The maximum absolute atomic E-state index is 12.0. The Morgan fingerprint density at radius 3 is 2.80 bits per heavy atom. The first kappa shape index (κ1) is 12.9. The van der Waals surface area contributed by atoms with E-state index in [1.807, 2.05) is 24.6 Å². The molecule has 3 atom stereocenters. The molecule has 0 saturated heterocycles. The lowest BCUT2D eigenvalue weighted by atomic mass is 10.0. The van der Waals surface area contributed by atoms with Crippen molar-refractivity contribution in [3.63, 3.8) is 0 Å². The highest BCUT2D eigenvalue weighted by Crippen LogP contribution is 2.17. The predicted octanol–water partition coefficient (Wildman–Crippen LogP) is 2.49. The van der Waals surface area contributed by atoms with Crippen molar-refractivity contribution in [1.82, 2.24) is 5.32 Å². The van der Waals surface area contributed by atoms with Crippen molar-refractivity contribution < 1.29 is 4.21 Å². The Hall–Kier alpha value is -0.190. The van der Waals surface area contributed by atoms with Crippen LogP contribution in [0.2, 0.25) is 0 Å². The molecule has 0 radical (unpaired) electrons. The first-order valence-electron chi connectivity index (χ1n) is 5.28. The third kappa shape index (κ3) is 3.70. The van der Waals surface area contributed by atoms with E-state index in [0.717, 1.165) is 10.6 Å². The Balaban J connectivity index is 2.56. The molecule has 0 aliphatic carbocycles. The second kappa shape index (κ2) is 6.40. The van der Waals surface area contributed by atoms with Crippen LogP contribution in [-0.2, 0) is 10.8 Å². The van der Waals surface area contributed by atoms with E-state index in [1.54, 1.807) is 11.3 Å². The van der Waals surface area contributed by atoms with Gasteiger partial charge in [-0.25, -0.2) is 0 Å². The lowest BCUT2D eigenvalue weighted by Gasteiger charge is -2.21. The molecule has 4 heteroatoms. The van der Waals surface area contributed by atoms with Crippen LogP contribution in [0.4, 0.5) is 0 Å². The van der Waals surface area contributed by atoms with Gasteiger partial charge in [0.25, 0.3) is 0 Å². The maximum atomic E-state index is 12.0. The molecule has 0 fully saturated rings. The maximum Gasteiger partial charge on any atom is 0.0911 e. The zero-order valence-electron chi connectivity index (χ0n) is 9.53. The highest BCUT2D eigenvalue weighted by molar-refractivity contribution is 7.87. The molecule has 0 aromatic carbocycles. The van der Waals surface area contributed by atoms with Crippen LogP contribution in [0.5, 0.6) is 0 Å². The normalized spacial score (nSPS) is 17.3. The second-order valence-electron chi connectivity index (χ2n) is 3.72. The standard InChI is InChI=1S/C11H19NOS2/c1-4-9(2)10(12-3)8-15(13)11-6-5-7-14-11/h5-7,9-10,12H,4,8H2,1-3H3. The molecular formula is C11H19NOS2. The van der Waals surface area contributed by atoms with Crippen molar-refractivity contribution in [1.29, 1.82) is 0 Å². The van der Waals surface area contributed by atoms with E-state index < -0.39 is 10.8 Å². The SMILES string of the molecule is CCC(C)C(CS(=O)c1cccs1)NC. The van der Waals surface area contributed by atoms with E-state index in [4.69, 9.17) is 0 Å². The monoisotopic (exact) mass is 245 g/mol. The van der Waals surface area contributed by atoms with E-state index in [-0.39, 0.29) is 0 Å². The van der Waals surface area contributed by atoms with Gasteiger partial charge in [-0.05, 0) is 24.4 Å². The predicted molar refractivity (Wildman–Crippen MR) is 67.9 cm³/mol. The summed E-state index contributed by atoms with van der Waals surface area (Å²) in [6.45, 7) is 4.37. The van der Waals surface area contributed by atoms with Crippen LogP contribution in [0, 0.1) is 5.92 Å². The largest absolute Gasteiger partial charge is 0.316 e. The molecule has 15 heavy (non-hydrogen) atoms. The number of hydrogen-bond acceptors (Lipinski definition) is 3. The van der Waals surface area contributed by atoms with E-state index in [9.17, 15) is 4.21 Å². The van der Waals surface area contributed by atoms with Gasteiger partial charge >= 0.3 is 0 Å². The van der Waals surface area contributed by atoms with Gasteiger partial charge in [-0.1, -0.05) is 26.3 Å². The average molecular weight is 245 g/mol. The fourth-order valence-corrected chi connectivity index (χ4v) is 3.92. The highest BCUT2D eigenvalue weighted by atomic mass is 32.2. The minimum absolute atomic E-state index is 0.345. The third-order valence-electron chi connectivity index (χ3n) is 2.75. The Bertz CT molecular complexity index is 298. The van der Waals surface area contributed by atoms with Crippen molar-refractivity contribution in [3.05, 3.63) is 17.5 Å². The van der Waals surface area contributed by atoms with Gasteiger partial charge in [-0.3, -0.25) is 4.21 Å². The van der Waals surface area contributed by atoms with Gasteiger partial charge in [0.2, 0.25) is 0 Å². The van der Waals surface area contributed by atoms with Crippen LogP contribution in [0.3, 0.4) is 0 Å². The molecule has 3 unspecified atom stereocenters. The molecule has 0 aliphatic rings. The quantitative estimate of drug-likeness (QED) is 0.834. The molecule has 86 valence electrons. The Labute approximate surface area is 98.6 Å². The summed E-state index contributed by atoms with van der Waals surface area (Å²) in [5.74, 6) is 1.28. The summed E-state index contributed by atoms with van der Waals surface area (Å²) in [4.78, 5) is 0. The lowest BCUT2D eigenvalue weighted by molar-refractivity contribution is 0.418. The van der Waals surface area contributed by atoms with Crippen LogP contribution in [0.1, 0.15) is 20.3 Å². The Morgan fingerprint density at radius 2 is 2.33 bits per heavy atom. The zero-order valence-corrected chi connectivity index (χ0v) is 11.2. The molecule has 1 rings (SSSR count). The third-order valence-corrected chi connectivity index (χ3v) is 5.51. The first-order chi connectivity index (χ1) is 7.19. The van der Waals surface area contributed by atoms with Crippen LogP contribution >= 0.6 is 11.3 Å². The van der Waals surface area contributed by atoms with Crippen molar-refractivity contribution >= 4 is 22.1 Å².